The highest BCUT2D eigenvalue weighted by atomic mass is 16.5. The van der Waals surface area contributed by atoms with Gasteiger partial charge in [0.1, 0.15) is 6.61 Å². The number of ether oxygens (including phenoxy) is 2. The number of carbonyl (C=O) groups excluding carboxylic acids is 3. The summed E-state index contributed by atoms with van der Waals surface area (Å²) in [6.07, 6.45) is 4.30. The molecule has 2 aromatic rings. The van der Waals surface area contributed by atoms with Gasteiger partial charge in [0.05, 0.1) is 31.5 Å². The Morgan fingerprint density at radius 1 is 0.971 bits per heavy atom. The number of likely N-dealkylation sites (tertiary alicyclic amines) is 1. The second-order valence-electron chi connectivity index (χ2n) is 9.43. The van der Waals surface area contributed by atoms with Gasteiger partial charge in [0.2, 0.25) is 0 Å². The van der Waals surface area contributed by atoms with Crippen molar-refractivity contribution < 1.29 is 28.3 Å². The fourth-order valence-corrected chi connectivity index (χ4v) is 5.48. The van der Waals surface area contributed by atoms with E-state index in [0.29, 0.717) is 28.6 Å². The van der Waals surface area contributed by atoms with Crippen molar-refractivity contribution >= 4 is 23.5 Å². The Balaban J connectivity index is 1.55. The molecule has 0 aromatic heterocycles. The molecule has 1 aliphatic carbocycles. The second kappa shape index (κ2) is 9.97. The molecule has 7 nitrogen and oxygen atoms in total. The van der Waals surface area contributed by atoms with E-state index in [1.165, 1.54) is 7.11 Å². The number of rotatable bonds is 8. The van der Waals surface area contributed by atoms with E-state index in [4.69, 9.17) is 9.47 Å². The van der Waals surface area contributed by atoms with E-state index in [1.807, 2.05) is 43.3 Å². The van der Waals surface area contributed by atoms with Crippen LogP contribution in [-0.4, -0.2) is 54.6 Å². The number of aryl methyl sites for hydroxylation is 1. The summed E-state index contributed by atoms with van der Waals surface area (Å²) >= 11 is 0. The first kappa shape index (κ1) is 24.0. The molecule has 180 valence electrons. The van der Waals surface area contributed by atoms with Gasteiger partial charge in [0, 0.05) is 25.7 Å². The minimum Gasteiger partial charge on any atom is -0.465 e. The van der Waals surface area contributed by atoms with Gasteiger partial charge < -0.3 is 19.3 Å². The van der Waals surface area contributed by atoms with E-state index in [-0.39, 0.29) is 25.0 Å². The first-order chi connectivity index (χ1) is 16.4. The van der Waals surface area contributed by atoms with Gasteiger partial charge in [0.15, 0.2) is 12.1 Å². The van der Waals surface area contributed by atoms with Gasteiger partial charge in [-0.1, -0.05) is 42.5 Å². The van der Waals surface area contributed by atoms with Gasteiger partial charge in [-0.3, -0.25) is 4.79 Å². The van der Waals surface area contributed by atoms with Gasteiger partial charge in [-0.05, 0) is 30.5 Å². The number of amides is 1. The van der Waals surface area contributed by atoms with Gasteiger partial charge in [0.25, 0.3) is 5.91 Å². The van der Waals surface area contributed by atoms with Crippen molar-refractivity contribution in [1.29, 1.82) is 0 Å². The van der Waals surface area contributed by atoms with Crippen LogP contribution in [0.25, 0.3) is 0 Å². The number of anilines is 1. The van der Waals surface area contributed by atoms with Crippen LogP contribution in [0.5, 0.6) is 0 Å². The highest BCUT2D eigenvalue weighted by Crippen LogP contribution is 2.46. The normalized spacial score (nSPS) is 17.9. The molecule has 7 heteroatoms. The van der Waals surface area contributed by atoms with E-state index in [9.17, 15) is 14.4 Å². The number of benzene rings is 2. The number of nitrogens with one attached hydrogen (secondary N) is 1. The number of nitrogens with zero attached hydrogens (tertiary/aromatic N) is 1. The smallest absolute Gasteiger partial charge is 0.362 e. The lowest BCUT2D eigenvalue weighted by Gasteiger charge is -2.54. The van der Waals surface area contributed by atoms with Crippen molar-refractivity contribution in [2.45, 2.75) is 51.2 Å². The second-order valence-corrected chi connectivity index (χ2v) is 9.43. The van der Waals surface area contributed by atoms with Crippen molar-refractivity contribution in [3.63, 3.8) is 0 Å². The summed E-state index contributed by atoms with van der Waals surface area (Å²) in [6.45, 7) is 3.80. The molecule has 2 aliphatic rings. The molecule has 1 aliphatic heterocycles. The molecule has 0 spiro atoms. The average molecular weight is 466 g/mol. The maximum Gasteiger partial charge on any atom is 0.362 e. The quantitative estimate of drug-likeness (QED) is 0.471. The molecule has 1 saturated carbocycles. The van der Waals surface area contributed by atoms with Crippen LogP contribution in [0.3, 0.4) is 0 Å². The van der Waals surface area contributed by atoms with E-state index in [1.54, 1.807) is 12.1 Å². The lowest BCUT2D eigenvalue weighted by atomic mass is 9.72. The summed E-state index contributed by atoms with van der Waals surface area (Å²) in [7, 11) is 1.33. The van der Waals surface area contributed by atoms with Crippen LogP contribution in [0.2, 0.25) is 0 Å². The number of hydrogen-bond donors (Lipinski definition) is 1. The molecule has 1 N–H and O–H groups in total. The minimum atomic E-state index is -0.696. The number of hydrogen-bond acceptors (Lipinski definition) is 5. The predicted molar refractivity (Wildman–Crippen MR) is 128 cm³/mol. The zero-order chi connectivity index (χ0) is 24.2. The highest BCUT2D eigenvalue weighted by molar-refractivity contribution is 6.05. The molecule has 2 aromatic carbocycles. The Hall–Kier alpha value is -3.19. The summed E-state index contributed by atoms with van der Waals surface area (Å²) in [6, 6.07) is 14.9. The van der Waals surface area contributed by atoms with E-state index < -0.39 is 11.5 Å². The van der Waals surface area contributed by atoms with Crippen molar-refractivity contribution in [2.24, 2.45) is 0 Å². The Bertz CT molecular complexity index is 1060. The molecule has 1 heterocycles. The van der Waals surface area contributed by atoms with Crippen LogP contribution in [0.1, 0.15) is 53.6 Å². The first-order valence-corrected chi connectivity index (χ1v) is 12.0. The Morgan fingerprint density at radius 2 is 1.68 bits per heavy atom. The number of quaternary nitrogens is 1. The molecule has 1 saturated heterocycles. The molecule has 0 radical (unpaired) electrons. The minimum absolute atomic E-state index is 0.129. The van der Waals surface area contributed by atoms with E-state index >= 15 is 0 Å². The molecule has 0 unspecified atom stereocenters. The zero-order valence-electron chi connectivity index (χ0n) is 20.0. The predicted octanol–water partition coefficient (Wildman–Crippen LogP) is 4.00. The Labute approximate surface area is 200 Å². The average Bonchev–Trinajstić information content (AvgIpc) is 3.27. The van der Waals surface area contributed by atoms with Crippen molar-refractivity contribution in [3.8, 4) is 0 Å². The van der Waals surface area contributed by atoms with Crippen molar-refractivity contribution in [3.05, 3.63) is 65.2 Å². The molecule has 0 bridgehead atoms. The maximum atomic E-state index is 13.9. The van der Waals surface area contributed by atoms with Crippen LogP contribution in [0.15, 0.2) is 48.5 Å². The molecule has 0 atom stereocenters. The molecule has 4 rings (SSSR count). The highest BCUT2D eigenvalue weighted by Gasteiger charge is 2.62. The van der Waals surface area contributed by atoms with Gasteiger partial charge in [-0.15, -0.1) is 0 Å². The van der Waals surface area contributed by atoms with E-state index in [2.05, 4.69) is 5.32 Å². The van der Waals surface area contributed by atoms with Crippen molar-refractivity contribution in [1.82, 2.24) is 0 Å². The molecule has 34 heavy (non-hydrogen) atoms. The molecular formula is C27H33N2O5+. The van der Waals surface area contributed by atoms with E-state index in [0.717, 1.165) is 43.5 Å². The van der Waals surface area contributed by atoms with Gasteiger partial charge in [-0.2, -0.15) is 0 Å². The lowest BCUT2D eigenvalue weighted by molar-refractivity contribution is -0.955. The fourth-order valence-electron chi connectivity index (χ4n) is 5.48. The topological polar surface area (TPSA) is 81.7 Å². The maximum absolute atomic E-state index is 13.9. The first-order valence-electron chi connectivity index (χ1n) is 12.0. The number of para-hydroxylation sites is 1. The fraction of sp³-hybridized carbons (Fsp3) is 0.444. The van der Waals surface area contributed by atoms with Crippen LogP contribution < -0.4 is 5.32 Å². The summed E-state index contributed by atoms with van der Waals surface area (Å²) < 4.78 is 11.0. The van der Waals surface area contributed by atoms with Crippen molar-refractivity contribution in [2.75, 3.05) is 32.1 Å². The monoisotopic (exact) mass is 465 g/mol. The zero-order valence-corrected chi connectivity index (χ0v) is 20.0. The summed E-state index contributed by atoms with van der Waals surface area (Å²) in [4.78, 5) is 39.1. The van der Waals surface area contributed by atoms with Crippen LogP contribution in [0, 0.1) is 6.92 Å². The third-order valence-electron chi connectivity index (χ3n) is 7.52. The molecule has 2 fully saturated rings. The Kier molecular flexibility index (Phi) is 7.03. The third-order valence-corrected chi connectivity index (χ3v) is 7.52. The molecular weight excluding hydrogens is 432 g/mol. The van der Waals surface area contributed by atoms with Gasteiger partial charge >= 0.3 is 11.9 Å². The summed E-state index contributed by atoms with van der Waals surface area (Å²) in [5.41, 5.74) is 1.85. The summed E-state index contributed by atoms with van der Waals surface area (Å²) in [5.74, 6) is -0.900. The van der Waals surface area contributed by atoms with Crippen LogP contribution in [0.4, 0.5) is 5.69 Å². The van der Waals surface area contributed by atoms with Crippen LogP contribution in [-0.2, 0) is 25.7 Å². The standard InChI is InChI=1S/C27H32N2O5/c1-20-10-8-13-22(25(31)33-2)24(20)28-26(32)27(14-9-15-27)29(16-6-7-17-29)18-23(30)34-19-21-11-4-3-5-12-21/h3-5,8,10-13H,6-7,9,14-19H2,1-2H3/p+1. The number of carbonyl (C=O) groups is 3. The molecule has 1 amide bonds. The largest absolute Gasteiger partial charge is 0.465 e. The number of esters is 2. The van der Waals surface area contributed by atoms with Crippen LogP contribution >= 0.6 is 0 Å². The SMILES string of the molecule is COC(=O)c1cccc(C)c1NC(=O)C1([N+]2(CC(=O)OCc3ccccc3)CCCC2)CCC1. The Morgan fingerprint density at radius 3 is 2.29 bits per heavy atom. The third kappa shape index (κ3) is 4.44. The summed E-state index contributed by atoms with van der Waals surface area (Å²) in [5, 5.41) is 3.06. The lowest BCUT2D eigenvalue weighted by Crippen LogP contribution is -2.72. The van der Waals surface area contributed by atoms with Gasteiger partial charge in [-0.25, -0.2) is 9.59 Å². The number of methoxy groups -OCH3 is 1.